The molecule has 4 nitrogen and oxygen atoms in total. The average molecular weight is 561 g/mol. The highest BCUT2D eigenvalue weighted by Gasteiger charge is 2.16. The minimum absolute atomic E-state index is 0.227. The van der Waals surface area contributed by atoms with E-state index in [2.05, 4.69) is 38.2 Å². The molecule has 0 aliphatic heterocycles. The van der Waals surface area contributed by atoms with Gasteiger partial charge in [0.15, 0.2) is 0 Å². The van der Waals surface area contributed by atoms with E-state index in [9.17, 15) is 9.59 Å². The summed E-state index contributed by atoms with van der Waals surface area (Å²) in [5, 5.41) is 0.878. The smallest absolute Gasteiger partial charge is 0.243 e. The standard InChI is InChI=1S/C36H68N2O2/c1-3-5-7-9-11-13-15-17-19-21-23-25-27-29-31-33-35(39)38(37)36(40)34-32-30-28-26-24-22-20-18-16-14-12-10-8-6-4-2/h17-20H,3-16,21-34,37H2,1-2H3. The summed E-state index contributed by atoms with van der Waals surface area (Å²) in [6.07, 6.45) is 42.1. The summed E-state index contributed by atoms with van der Waals surface area (Å²) in [5.41, 5.74) is 0. The lowest BCUT2D eigenvalue weighted by atomic mass is 10.1. The maximum Gasteiger partial charge on any atom is 0.243 e. The van der Waals surface area contributed by atoms with Crippen molar-refractivity contribution in [3.63, 3.8) is 0 Å². The summed E-state index contributed by atoms with van der Waals surface area (Å²) in [5.74, 6) is 5.35. The molecule has 0 aliphatic carbocycles. The van der Waals surface area contributed by atoms with Crippen LogP contribution in [-0.4, -0.2) is 16.8 Å². The number of hydrogen-bond donors (Lipinski definition) is 1. The van der Waals surface area contributed by atoms with Gasteiger partial charge in [-0.2, -0.15) is 0 Å². The molecular weight excluding hydrogens is 492 g/mol. The van der Waals surface area contributed by atoms with Crippen molar-refractivity contribution in [1.29, 1.82) is 0 Å². The van der Waals surface area contributed by atoms with Gasteiger partial charge >= 0.3 is 0 Å². The van der Waals surface area contributed by atoms with Gasteiger partial charge in [-0.05, 0) is 64.2 Å². The Morgan fingerprint density at radius 2 is 0.675 bits per heavy atom. The lowest BCUT2D eigenvalue weighted by Gasteiger charge is -2.14. The first-order chi connectivity index (χ1) is 19.6. The Morgan fingerprint density at radius 3 is 0.975 bits per heavy atom. The van der Waals surface area contributed by atoms with Crippen LogP contribution in [0.1, 0.15) is 194 Å². The maximum atomic E-state index is 12.2. The van der Waals surface area contributed by atoms with Crippen LogP contribution in [-0.2, 0) is 9.59 Å². The normalized spacial score (nSPS) is 11.7. The number of allylic oxidation sites excluding steroid dienone is 4. The van der Waals surface area contributed by atoms with Gasteiger partial charge in [0.1, 0.15) is 0 Å². The molecule has 0 unspecified atom stereocenters. The number of unbranched alkanes of at least 4 members (excludes halogenated alkanes) is 22. The topological polar surface area (TPSA) is 63.4 Å². The van der Waals surface area contributed by atoms with Gasteiger partial charge in [-0.25, -0.2) is 10.9 Å². The van der Waals surface area contributed by atoms with Gasteiger partial charge in [0.05, 0.1) is 0 Å². The quantitative estimate of drug-likeness (QED) is 0.0312. The first-order valence-corrected chi connectivity index (χ1v) is 17.5. The van der Waals surface area contributed by atoms with Gasteiger partial charge in [-0.15, -0.1) is 0 Å². The summed E-state index contributed by atoms with van der Waals surface area (Å²) in [6.45, 7) is 4.53. The second-order valence-electron chi connectivity index (χ2n) is 11.8. The van der Waals surface area contributed by atoms with Gasteiger partial charge in [0.2, 0.25) is 11.8 Å². The monoisotopic (exact) mass is 561 g/mol. The number of imide groups is 1. The predicted octanol–water partition coefficient (Wildman–Crippen LogP) is 11.3. The molecule has 0 spiro atoms. The predicted molar refractivity (Wildman–Crippen MR) is 175 cm³/mol. The molecule has 0 saturated carbocycles. The molecule has 0 heterocycles. The molecule has 0 aromatic heterocycles. The molecule has 0 aromatic carbocycles. The Bertz CT molecular complexity index is 562. The molecule has 0 aromatic rings. The van der Waals surface area contributed by atoms with Crippen molar-refractivity contribution in [2.45, 2.75) is 194 Å². The third kappa shape index (κ3) is 28.1. The Balaban J connectivity index is 3.51. The molecule has 40 heavy (non-hydrogen) atoms. The van der Waals surface area contributed by atoms with E-state index in [0.29, 0.717) is 12.8 Å². The van der Waals surface area contributed by atoms with Gasteiger partial charge < -0.3 is 0 Å². The van der Waals surface area contributed by atoms with E-state index in [1.165, 1.54) is 116 Å². The van der Waals surface area contributed by atoms with Gasteiger partial charge in [0, 0.05) is 12.8 Å². The molecular formula is C36H68N2O2. The van der Waals surface area contributed by atoms with E-state index in [1.54, 1.807) is 0 Å². The Hall–Kier alpha value is -1.42. The van der Waals surface area contributed by atoms with Crippen LogP contribution in [0, 0.1) is 0 Å². The highest BCUT2D eigenvalue weighted by atomic mass is 16.2. The van der Waals surface area contributed by atoms with Crippen LogP contribution in [0.4, 0.5) is 0 Å². The fourth-order valence-electron chi connectivity index (χ4n) is 5.07. The zero-order valence-corrected chi connectivity index (χ0v) is 26.9. The number of rotatable bonds is 30. The van der Waals surface area contributed by atoms with Crippen molar-refractivity contribution < 1.29 is 9.59 Å². The Morgan fingerprint density at radius 1 is 0.425 bits per heavy atom. The van der Waals surface area contributed by atoms with Crippen molar-refractivity contribution in [3.05, 3.63) is 24.3 Å². The maximum absolute atomic E-state index is 12.2. The van der Waals surface area contributed by atoms with Crippen LogP contribution in [0.2, 0.25) is 0 Å². The molecule has 4 heteroatoms. The molecule has 0 saturated heterocycles. The Kier molecular flexibility index (Phi) is 31.0. The van der Waals surface area contributed by atoms with Crippen LogP contribution in [0.25, 0.3) is 0 Å². The number of hydrazine groups is 1. The second kappa shape index (κ2) is 32.1. The van der Waals surface area contributed by atoms with E-state index in [4.69, 9.17) is 5.84 Å². The van der Waals surface area contributed by atoms with Crippen molar-refractivity contribution in [2.24, 2.45) is 5.84 Å². The molecule has 0 atom stereocenters. The third-order valence-corrected chi connectivity index (χ3v) is 7.84. The first kappa shape index (κ1) is 38.6. The lowest BCUT2D eigenvalue weighted by Crippen LogP contribution is -2.42. The highest BCUT2D eigenvalue weighted by Crippen LogP contribution is 2.12. The zero-order valence-electron chi connectivity index (χ0n) is 26.9. The fraction of sp³-hybridized carbons (Fsp3) is 0.833. The molecule has 2 amide bonds. The SMILES string of the molecule is CCCCCCCCC=CCCCCCCCC(=O)N(N)C(=O)CCCCCCCC=CCCCCCCCC. The molecule has 0 bridgehead atoms. The number of carbonyl (C=O) groups is 2. The molecule has 0 radical (unpaired) electrons. The summed E-state index contributed by atoms with van der Waals surface area (Å²) >= 11 is 0. The van der Waals surface area contributed by atoms with Crippen LogP contribution < -0.4 is 5.84 Å². The minimum Gasteiger partial charge on any atom is -0.273 e. The molecule has 234 valence electrons. The minimum atomic E-state index is -0.227. The van der Waals surface area contributed by atoms with Crippen LogP contribution in [0.5, 0.6) is 0 Å². The number of nitrogens with zero attached hydrogens (tertiary/aromatic N) is 1. The molecule has 0 aliphatic rings. The number of carbonyl (C=O) groups excluding carboxylic acids is 2. The summed E-state index contributed by atoms with van der Waals surface area (Å²) in [4.78, 5) is 24.5. The van der Waals surface area contributed by atoms with Crippen molar-refractivity contribution in [1.82, 2.24) is 5.01 Å². The molecule has 0 rings (SSSR count). The largest absolute Gasteiger partial charge is 0.273 e. The highest BCUT2D eigenvalue weighted by molar-refractivity contribution is 5.94. The fourth-order valence-corrected chi connectivity index (χ4v) is 5.07. The van der Waals surface area contributed by atoms with Crippen molar-refractivity contribution in [2.75, 3.05) is 0 Å². The van der Waals surface area contributed by atoms with E-state index in [-0.39, 0.29) is 11.8 Å². The van der Waals surface area contributed by atoms with Crippen LogP contribution in [0.3, 0.4) is 0 Å². The second-order valence-corrected chi connectivity index (χ2v) is 11.8. The van der Waals surface area contributed by atoms with Crippen LogP contribution >= 0.6 is 0 Å². The number of amides is 2. The summed E-state index contributed by atoms with van der Waals surface area (Å²) in [6, 6.07) is 0. The zero-order chi connectivity index (χ0) is 29.4. The van der Waals surface area contributed by atoms with E-state index < -0.39 is 0 Å². The van der Waals surface area contributed by atoms with E-state index >= 15 is 0 Å². The first-order valence-electron chi connectivity index (χ1n) is 17.5. The number of hydrogen-bond acceptors (Lipinski definition) is 3. The van der Waals surface area contributed by atoms with Gasteiger partial charge in [-0.1, -0.05) is 141 Å². The third-order valence-electron chi connectivity index (χ3n) is 7.84. The molecule has 2 N–H and O–H groups in total. The Labute approximate surface area is 250 Å². The van der Waals surface area contributed by atoms with Gasteiger partial charge in [0.25, 0.3) is 0 Å². The van der Waals surface area contributed by atoms with E-state index in [1.807, 2.05) is 0 Å². The molecule has 0 fully saturated rings. The number of nitrogens with two attached hydrogens (primary N) is 1. The van der Waals surface area contributed by atoms with E-state index in [0.717, 1.165) is 56.4 Å². The van der Waals surface area contributed by atoms with Crippen molar-refractivity contribution in [3.8, 4) is 0 Å². The lowest BCUT2D eigenvalue weighted by molar-refractivity contribution is -0.145. The van der Waals surface area contributed by atoms with Gasteiger partial charge in [-0.3, -0.25) is 9.59 Å². The van der Waals surface area contributed by atoms with Crippen LogP contribution in [0.15, 0.2) is 24.3 Å². The van der Waals surface area contributed by atoms with Crippen molar-refractivity contribution >= 4 is 11.8 Å². The average Bonchev–Trinajstić information content (AvgIpc) is 2.96. The summed E-state index contributed by atoms with van der Waals surface area (Å²) < 4.78 is 0. The summed E-state index contributed by atoms with van der Waals surface area (Å²) in [7, 11) is 0.